The van der Waals surface area contributed by atoms with Crippen LogP contribution in [0.25, 0.3) is 0 Å². The molecule has 19 heavy (non-hydrogen) atoms. The molecule has 4 heteroatoms. The zero-order valence-electron chi connectivity index (χ0n) is 11.1. The smallest absolute Gasteiger partial charge is 0.138 e. The maximum atomic E-state index is 6.17. The Labute approximate surface area is 118 Å². The summed E-state index contributed by atoms with van der Waals surface area (Å²) in [7, 11) is 0. The van der Waals surface area contributed by atoms with Crippen molar-refractivity contribution < 1.29 is 4.74 Å². The lowest BCUT2D eigenvalue weighted by molar-refractivity contribution is 0.305. The predicted octanol–water partition coefficient (Wildman–Crippen LogP) is 3.64. The number of nitrogens with zero attached hydrogens (tertiary/aromatic N) is 1. The number of nitrogens with two attached hydrogens (primary N) is 1. The molecule has 3 nitrogen and oxygen atoms in total. The van der Waals surface area contributed by atoms with E-state index in [2.05, 4.69) is 4.98 Å². The molecule has 1 heterocycles. The van der Waals surface area contributed by atoms with Crippen LogP contribution < -0.4 is 10.5 Å². The lowest BCUT2D eigenvalue weighted by Crippen LogP contribution is -2.05. The molecule has 0 spiro atoms. The Balaban J connectivity index is 2.07. The molecule has 0 aliphatic heterocycles. The summed E-state index contributed by atoms with van der Waals surface area (Å²) in [6, 6.07) is 7.63. The minimum absolute atomic E-state index is 0.0347. The van der Waals surface area contributed by atoms with Gasteiger partial charge in [0.15, 0.2) is 0 Å². The minimum atomic E-state index is -0.0347. The summed E-state index contributed by atoms with van der Waals surface area (Å²) in [5.74, 6) is 0.660. The average Bonchev–Trinajstić information content (AvgIpc) is 2.37. The number of benzene rings is 1. The fourth-order valence-corrected chi connectivity index (χ4v) is 2.02. The van der Waals surface area contributed by atoms with Gasteiger partial charge in [-0.1, -0.05) is 17.7 Å². The van der Waals surface area contributed by atoms with Crippen molar-refractivity contribution in [1.82, 2.24) is 4.98 Å². The fraction of sp³-hybridized carbons (Fsp3) is 0.267. The zero-order valence-corrected chi connectivity index (χ0v) is 11.8. The molecule has 2 aromatic rings. The molecule has 1 atom stereocenters. The number of rotatable bonds is 4. The Morgan fingerprint density at radius 2 is 2.11 bits per heavy atom. The van der Waals surface area contributed by atoms with Gasteiger partial charge in [-0.3, -0.25) is 4.98 Å². The first-order valence-corrected chi connectivity index (χ1v) is 6.52. The third-order valence-electron chi connectivity index (χ3n) is 2.81. The predicted molar refractivity (Wildman–Crippen MR) is 77.4 cm³/mol. The number of ether oxygens (including phenoxy) is 1. The normalized spacial score (nSPS) is 12.2. The number of pyridine rings is 1. The Morgan fingerprint density at radius 3 is 2.74 bits per heavy atom. The molecule has 0 radical (unpaired) electrons. The molecule has 2 N–H and O–H groups in total. The van der Waals surface area contributed by atoms with Crippen LogP contribution in [0.5, 0.6) is 5.75 Å². The van der Waals surface area contributed by atoms with E-state index in [-0.39, 0.29) is 6.04 Å². The van der Waals surface area contributed by atoms with Crippen LogP contribution in [0, 0.1) is 6.92 Å². The molecule has 0 aliphatic carbocycles. The second kappa shape index (κ2) is 6.04. The van der Waals surface area contributed by atoms with Crippen LogP contribution in [-0.4, -0.2) is 4.98 Å². The van der Waals surface area contributed by atoms with E-state index in [1.54, 1.807) is 6.20 Å². The van der Waals surface area contributed by atoms with Gasteiger partial charge in [0.05, 0.1) is 5.02 Å². The van der Waals surface area contributed by atoms with E-state index in [1.165, 1.54) is 0 Å². The van der Waals surface area contributed by atoms with Crippen LogP contribution >= 0.6 is 11.6 Å². The van der Waals surface area contributed by atoms with Crippen molar-refractivity contribution in [2.45, 2.75) is 26.5 Å². The third-order valence-corrected chi connectivity index (χ3v) is 3.10. The Kier molecular flexibility index (Phi) is 4.40. The molecule has 2 rings (SSSR count). The Morgan fingerprint density at radius 1 is 1.32 bits per heavy atom. The summed E-state index contributed by atoms with van der Waals surface area (Å²) in [6.45, 7) is 4.37. The van der Waals surface area contributed by atoms with Gasteiger partial charge in [-0.25, -0.2) is 0 Å². The van der Waals surface area contributed by atoms with E-state index in [1.807, 2.05) is 44.3 Å². The number of aromatic nitrogens is 1. The Hall–Kier alpha value is -1.58. The highest BCUT2D eigenvalue weighted by molar-refractivity contribution is 6.32. The molecule has 0 unspecified atom stereocenters. The van der Waals surface area contributed by atoms with Crippen molar-refractivity contribution in [3.63, 3.8) is 0 Å². The summed E-state index contributed by atoms with van der Waals surface area (Å²) in [5.41, 5.74) is 8.93. The van der Waals surface area contributed by atoms with Crippen molar-refractivity contribution >= 4 is 11.6 Å². The summed E-state index contributed by atoms with van der Waals surface area (Å²) < 4.78 is 5.70. The van der Waals surface area contributed by atoms with Crippen molar-refractivity contribution in [2.24, 2.45) is 5.73 Å². The van der Waals surface area contributed by atoms with E-state index in [0.717, 1.165) is 16.7 Å². The molecule has 0 aliphatic rings. The van der Waals surface area contributed by atoms with Crippen molar-refractivity contribution in [3.8, 4) is 5.75 Å². The van der Waals surface area contributed by atoms with Gasteiger partial charge in [-0.15, -0.1) is 0 Å². The Bertz CT molecular complexity index is 570. The molecule has 1 aromatic heterocycles. The largest absolute Gasteiger partial charge is 0.487 e. The van der Waals surface area contributed by atoms with Gasteiger partial charge >= 0.3 is 0 Å². The van der Waals surface area contributed by atoms with Crippen LogP contribution in [0.3, 0.4) is 0 Å². The highest BCUT2D eigenvalue weighted by Gasteiger charge is 2.06. The van der Waals surface area contributed by atoms with E-state index in [9.17, 15) is 0 Å². The molecular formula is C15H17ClN2O. The number of halogens is 1. The van der Waals surface area contributed by atoms with Crippen molar-refractivity contribution in [1.29, 1.82) is 0 Å². The number of aryl methyl sites for hydroxylation is 1. The van der Waals surface area contributed by atoms with E-state index < -0.39 is 0 Å². The van der Waals surface area contributed by atoms with Crippen LogP contribution in [0.2, 0.25) is 5.02 Å². The van der Waals surface area contributed by atoms with Crippen LogP contribution in [0.15, 0.2) is 36.7 Å². The van der Waals surface area contributed by atoms with E-state index in [4.69, 9.17) is 22.1 Å². The highest BCUT2D eigenvalue weighted by atomic mass is 35.5. The fourth-order valence-electron chi connectivity index (χ4n) is 1.77. The summed E-state index contributed by atoms with van der Waals surface area (Å²) in [6.07, 6.45) is 3.60. The topological polar surface area (TPSA) is 48.1 Å². The van der Waals surface area contributed by atoms with Crippen molar-refractivity contribution in [2.75, 3.05) is 0 Å². The number of hydrogen-bond donors (Lipinski definition) is 1. The second-order valence-electron chi connectivity index (χ2n) is 4.64. The zero-order chi connectivity index (χ0) is 13.8. The van der Waals surface area contributed by atoms with Gasteiger partial charge in [0, 0.05) is 24.0 Å². The number of hydrogen-bond acceptors (Lipinski definition) is 3. The lowest BCUT2D eigenvalue weighted by atomic mass is 10.1. The SMILES string of the molecule is Cc1cncc(COc2ccc([C@H](C)N)cc2Cl)c1. The highest BCUT2D eigenvalue weighted by Crippen LogP contribution is 2.28. The standard InChI is InChI=1S/C15H17ClN2O/c1-10-5-12(8-18-7-10)9-19-15-4-3-13(11(2)17)6-14(15)16/h3-8,11H,9,17H2,1-2H3/t11-/m0/s1. The molecule has 1 aromatic carbocycles. The molecule has 100 valence electrons. The van der Waals surface area contributed by atoms with Crippen LogP contribution in [0.4, 0.5) is 0 Å². The monoisotopic (exact) mass is 276 g/mol. The van der Waals surface area contributed by atoms with Crippen molar-refractivity contribution in [3.05, 3.63) is 58.4 Å². The van der Waals surface area contributed by atoms with E-state index in [0.29, 0.717) is 17.4 Å². The molecule has 0 fully saturated rings. The van der Waals surface area contributed by atoms with Gasteiger partial charge in [0.2, 0.25) is 0 Å². The minimum Gasteiger partial charge on any atom is -0.487 e. The van der Waals surface area contributed by atoms with E-state index >= 15 is 0 Å². The maximum Gasteiger partial charge on any atom is 0.138 e. The summed E-state index contributed by atoms with van der Waals surface area (Å²) in [5, 5.41) is 0.579. The van der Waals surface area contributed by atoms with Gasteiger partial charge < -0.3 is 10.5 Å². The second-order valence-corrected chi connectivity index (χ2v) is 5.04. The first kappa shape index (κ1) is 13.8. The summed E-state index contributed by atoms with van der Waals surface area (Å²) in [4.78, 5) is 4.13. The maximum absolute atomic E-state index is 6.17. The lowest BCUT2D eigenvalue weighted by Gasteiger charge is -2.11. The summed E-state index contributed by atoms with van der Waals surface area (Å²) >= 11 is 6.17. The first-order valence-electron chi connectivity index (χ1n) is 6.14. The first-order chi connectivity index (χ1) is 9.06. The van der Waals surface area contributed by atoms with Gasteiger partial charge in [-0.05, 0) is 43.2 Å². The van der Waals surface area contributed by atoms with Gasteiger partial charge in [0.25, 0.3) is 0 Å². The van der Waals surface area contributed by atoms with Gasteiger partial charge in [0.1, 0.15) is 12.4 Å². The average molecular weight is 277 g/mol. The molecule has 0 saturated heterocycles. The van der Waals surface area contributed by atoms with Crippen LogP contribution in [-0.2, 0) is 6.61 Å². The third kappa shape index (κ3) is 3.69. The molecule has 0 bridgehead atoms. The molecule has 0 saturated carbocycles. The molecule has 0 amide bonds. The quantitative estimate of drug-likeness (QED) is 0.927. The van der Waals surface area contributed by atoms with Gasteiger partial charge in [-0.2, -0.15) is 0 Å². The molecular weight excluding hydrogens is 260 g/mol. The van der Waals surface area contributed by atoms with Crippen LogP contribution in [0.1, 0.15) is 29.7 Å².